The van der Waals surface area contributed by atoms with Gasteiger partial charge in [-0.3, -0.25) is 9.11 Å². The van der Waals surface area contributed by atoms with Crippen molar-refractivity contribution in [2.24, 2.45) is 0 Å². The van der Waals surface area contributed by atoms with E-state index in [2.05, 4.69) is 5.32 Å². The summed E-state index contributed by atoms with van der Waals surface area (Å²) < 4.78 is 29.2. The average Bonchev–Trinajstić information content (AvgIpc) is 2.56. The minimum absolute atomic E-state index is 0.112. The van der Waals surface area contributed by atoms with E-state index in [4.69, 9.17) is 4.74 Å². The van der Waals surface area contributed by atoms with Gasteiger partial charge in [-0.15, -0.1) is 0 Å². The molecular weight excluding hydrogens is 328 g/mol. The highest BCUT2D eigenvalue weighted by Crippen LogP contribution is 2.61. The summed E-state index contributed by atoms with van der Waals surface area (Å²) in [5.74, 6) is 0.564. The van der Waals surface area contributed by atoms with Crippen molar-refractivity contribution in [1.82, 2.24) is 5.32 Å². The molecule has 0 bridgehead atoms. The van der Waals surface area contributed by atoms with Gasteiger partial charge in [-0.2, -0.15) is 0 Å². The molecule has 0 aliphatic carbocycles. The molecule has 0 saturated carbocycles. The van der Waals surface area contributed by atoms with Gasteiger partial charge in [-0.25, -0.2) is 4.31 Å². The van der Waals surface area contributed by atoms with Crippen molar-refractivity contribution in [3.63, 3.8) is 0 Å². The third-order valence-corrected chi connectivity index (χ3v) is 5.80. The Balaban J connectivity index is 2.02. The number of benzene rings is 2. The molecule has 0 unspecified atom stereocenters. The zero-order chi connectivity index (χ0) is 17.2. The lowest BCUT2D eigenvalue weighted by Gasteiger charge is -2.52. The molecule has 1 heterocycles. The van der Waals surface area contributed by atoms with Gasteiger partial charge in [0.15, 0.2) is 0 Å². The van der Waals surface area contributed by atoms with E-state index in [1.54, 1.807) is 19.2 Å². The van der Waals surface area contributed by atoms with Crippen LogP contribution in [0, 0.1) is 0 Å². The Kier molecular flexibility index (Phi) is 4.98. The largest absolute Gasteiger partial charge is 0.466 e. The number of aliphatic hydroxyl groups excluding tert-OH is 1. The fourth-order valence-corrected chi connectivity index (χ4v) is 4.59. The predicted octanol–water partition coefficient (Wildman–Crippen LogP) is 3.18. The summed E-state index contributed by atoms with van der Waals surface area (Å²) in [5.41, 5.74) is 0.348. The highest BCUT2D eigenvalue weighted by atomic mass is 32.3. The first kappa shape index (κ1) is 17.1. The van der Waals surface area contributed by atoms with Crippen LogP contribution >= 0.6 is 10.8 Å². The summed E-state index contributed by atoms with van der Waals surface area (Å²) in [6.45, 7) is 0.350. The Hall–Kier alpha value is -1.77. The number of nitrogens with zero attached hydrogens (tertiary/aromatic N) is 1. The lowest BCUT2D eigenvalue weighted by atomic mass is 10.2. The number of rotatable bonds is 5. The molecular formula is C17H22N2O4S. The summed E-state index contributed by atoms with van der Waals surface area (Å²) >= 11 is 0. The second-order valence-electron chi connectivity index (χ2n) is 5.65. The molecule has 1 aliphatic heterocycles. The molecule has 7 heteroatoms. The average molecular weight is 350 g/mol. The first-order valence-electron chi connectivity index (χ1n) is 7.74. The molecule has 0 radical (unpaired) electrons. The molecule has 2 aromatic rings. The lowest BCUT2D eigenvalue weighted by molar-refractivity contribution is 0.119. The molecule has 0 amide bonds. The summed E-state index contributed by atoms with van der Waals surface area (Å²) in [5, 5.41) is 12.9. The van der Waals surface area contributed by atoms with Gasteiger partial charge in [0, 0.05) is 13.0 Å². The molecule has 0 aromatic heterocycles. The van der Waals surface area contributed by atoms with Gasteiger partial charge >= 0.3 is 0 Å². The fourth-order valence-electron chi connectivity index (χ4n) is 2.77. The molecule has 2 aromatic carbocycles. The van der Waals surface area contributed by atoms with Crippen LogP contribution in [0.15, 0.2) is 54.6 Å². The molecule has 3 rings (SSSR count). The van der Waals surface area contributed by atoms with Crippen molar-refractivity contribution in [3.8, 4) is 5.75 Å². The first-order valence-corrected chi connectivity index (χ1v) is 9.31. The molecule has 4 N–H and O–H groups in total. The van der Waals surface area contributed by atoms with Gasteiger partial charge in [-0.1, -0.05) is 41.1 Å². The van der Waals surface area contributed by atoms with Gasteiger partial charge in [-0.05, 0) is 31.3 Å². The number of fused-ring (bicyclic) bond motifs is 1. The third kappa shape index (κ3) is 3.22. The zero-order valence-electron chi connectivity index (χ0n) is 13.4. The summed E-state index contributed by atoms with van der Waals surface area (Å²) in [4.78, 5) is 0. The van der Waals surface area contributed by atoms with E-state index in [-0.39, 0.29) is 6.42 Å². The Morgan fingerprint density at radius 2 is 1.79 bits per heavy atom. The zero-order valence-corrected chi connectivity index (χ0v) is 14.2. The number of hydrogen-bond acceptors (Lipinski definition) is 6. The maximum atomic E-state index is 10.9. The van der Waals surface area contributed by atoms with Crippen LogP contribution in [-0.2, 0) is 0 Å². The minimum Gasteiger partial charge on any atom is -0.466 e. The molecule has 0 spiro atoms. The Bertz CT molecular complexity index is 683. The molecule has 24 heavy (non-hydrogen) atoms. The number of anilines is 2. The fraction of sp³-hybridized carbons (Fsp3) is 0.294. The van der Waals surface area contributed by atoms with Gasteiger partial charge in [0.25, 0.3) is 0 Å². The molecule has 1 aliphatic rings. The van der Waals surface area contributed by atoms with Crippen LogP contribution in [0.1, 0.15) is 6.42 Å². The van der Waals surface area contributed by atoms with Crippen LogP contribution in [0.4, 0.5) is 11.4 Å². The van der Waals surface area contributed by atoms with Crippen LogP contribution in [0.25, 0.3) is 0 Å². The first-order chi connectivity index (χ1) is 11.5. The monoisotopic (exact) mass is 350 g/mol. The second-order valence-corrected chi connectivity index (χ2v) is 7.67. The Morgan fingerprint density at radius 3 is 2.50 bits per heavy atom. The van der Waals surface area contributed by atoms with Crippen molar-refractivity contribution in [1.29, 1.82) is 0 Å². The third-order valence-electron chi connectivity index (χ3n) is 3.86. The molecule has 2 atom stereocenters. The van der Waals surface area contributed by atoms with E-state index in [1.807, 2.05) is 42.5 Å². The van der Waals surface area contributed by atoms with Crippen molar-refractivity contribution in [2.75, 3.05) is 17.9 Å². The van der Waals surface area contributed by atoms with E-state index in [0.29, 0.717) is 23.7 Å². The van der Waals surface area contributed by atoms with Crippen molar-refractivity contribution in [2.45, 2.75) is 18.0 Å². The standard InChI is InChI=1S/C17H22N2O4S/c1-18-12-14(20)11-17-23-16-10-6-5-9-15(16)19(24(17,21)22)13-7-3-2-4-8-13/h2-10,14,17-18,20-22H,11-12H2,1H3/t14-,17+/m1/s1. The van der Waals surface area contributed by atoms with E-state index in [9.17, 15) is 14.2 Å². The van der Waals surface area contributed by atoms with Crippen LogP contribution in [0.3, 0.4) is 0 Å². The highest BCUT2D eigenvalue weighted by molar-refractivity contribution is 8.26. The minimum atomic E-state index is -3.32. The highest BCUT2D eigenvalue weighted by Gasteiger charge is 2.42. The van der Waals surface area contributed by atoms with Crippen molar-refractivity contribution >= 4 is 22.2 Å². The molecule has 0 fully saturated rings. The number of ether oxygens (including phenoxy) is 1. The summed E-state index contributed by atoms with van der Waals surface area (Å²) in [6, 6.07) is 16.4. The SMILES string of the molecule is CNC[C@H](O)C[C@H]1Oc2ccccc2N(c2ccccc2)S1(O)O. The number of aliphatic hydroxyl groups is 1. The quantitative estimate of drug-likeness (QED) is 0.663. The van der Waals surface area contributed by atoms with E-state index >= 15 is 0 Å². The van der Waals surface area contributed by atoms with E-state index in [0.717, 1.165) is 0 Å². The van der Waals surface area contributed by atoms with Gasteiger partial charge in [0.05, 0.1) is 11.8 Å². The van der Waals surface area contributed by atoms with E-state index < -0.39 is 22.3 Å². The lowest BCUT2D eigenvalue weighted by Crippen LogP contribution is -2.42. The van der Waals surface area contributed by atoms with E-state index in [1.165, 1.54) is 4.31 Å². The van der Waals surface area contributed by atoms with Crippen LogP contribution in [0.2, 0.25) is 0 Å². The Morgan fingerprint density at radius 1 is 1.12 bits per heavy atom. The number of likely N-dealkylation sites (N-methyl/N-ethyl adjacent to an activating group) is 1. The smallest absolute Gasteiger partial charge is 0.209 e. The maximum absolute atomic E-state index is 10.9. The number of nitrogens with one attached hydrogen (secondary N) is 1. The second kappa shape index (κ2) is 7.00. The van der Waals surface area contributed by atoms with Gasteiger partial charge < -0.3 is 15.2 Å². The summed E-state index contributed by atoms with van der Waals surface area (Å²) in [6.07, 6.45) is -0.630. The van der Waals surface area contributed by atoms with Crippen molar-refractivity contribution in [3.05, 3.63) is 54.6 Å². The number of para-hydroxylation sites is 3. The van der Waals surface area contributed by atoms with Crippen molar-refractivity contribution < 1.29 is 18.9 Å². The molecule has 130 valence electrons. The normalized spacial score (nSPS) is 21.5. The predicted molar refractivity (Wildman–Crippen MR) is 96.8 cm³/mol. The van der Waals surface area contributed by atoms with Crippen LogP contribution in [-0.4, -0.2) is 39.3 Å². The molecule has 0 saturated heterocycles. The number of hydrogen-bond donors (Lipinski definition) is 4. The van der Waals surface area contributed by atoms with Crippen LogP contribution in [0.5, 0.6) is 5.75 Å². The maximum Gasteiger partial charge on any atom is 0.209 e. The topological polar surface area (TPSA) is 85.2 Å². The Labute approximate surface area is 143 Å². The van der Waals surface area contributed by atoms with Crippen LogP contribution < -0.4 is 14.4 Å². The molecule has 6 nitrogen and oxygen atoms in total. The summed E-state index contributed by atoms with van der Waals surface area (Å²) in [7, 11) is -1.59. The van der Waals surface area contributed by atoms with Gasteiger partial charge in [0.2, 0.25) is 5.44 Å². The van der Waals surface area contributed by atoms with Gasteiger partial charge in [0.1, 0.15) is 11.4 Å².